The molecule has 0 aliphatic heterocycles. The van der Waals surface area contributed by atoms with Crippen LogP contribution in [-0.2, 0) is 10.0 Å². The molecule has 1 heterocycles. The van der Waals surface area contributed by atoms with Crippen LogP contribution < -0.4 is 9.46 Å². The number of nitrogens with one attached hydrogen (secondary N) is 1. The van der Waals surface area contributed by atoms with Crippen LogP contribution in [0.1, 0.15) is 16.4 Å². The molecular formula is C24H22ClN5O3S2. The minimum absolute atomic E-state index is 0.128. The molecule has 0 spiro atoms. The van der Waals surface area contributed by atoms with Crippen molar-refractivity contribution in [1.82, 2.24) is 19.6 Å². The minimum atomic E-state index is -3.73. The van der Waals surface area contributed by atoms with Crippen molar-refractivity contribution in [3.05, 3.63) is 101 Å². The van der Waals surface area contributed by atoms with E-state index < -0.39 is 10.0 Å². The summed E-state index contributed by atoms with van der Waals surface area (Å²) in [7, 11) is -2.13. The summed E-state index contributed by atoms with van der Waals surface area (Å²) < 4.78 is 35.3. The fourth-order valence-electron chi connectivity index (χ4n) is 3.18. The van der Waals surface area contributed by atoms with Gasteiger partial charge in [0.2, 0.25) is 15.2 Å². The Kier molecular flexibility index (Phi) is 8.19. The van der Waals surface area contributed by atoms with E-state index in [1.54, 1.807) is 30.1 Å². The van der Waals surface area contributed by atoms with E-state index in [-0.39, 0.29) is 16.7 Å². The van der Waals surface area contributed by atoms with Crippen LogP contribution in [0.25, 0.3) is 0 Å². The average Bonchev–Trinajstić information content (AvgIpc) is 3.33. The molecule has 180 valence electrons. The Morgan fingerprint density at radius 2 is 1.80 bits per heavy atom. The number of hydrogen-bond acceptors (Lipinski definition) is 7. The fourth-order valence-corrected chi connectivity index (χ4v) is 5.47. The molecule has 3 aromatic carbocycles. The predicted molar refractivity (Wildman–Crippen MR) is 138 cm³/mol. The van der Waals surface area contributed by atoms with Gasteiger partial charge in [-0.1, -0.05) is 65.8 Å². The summed E-state index contributed by atoms with van der Waals surface area (Å²) in [5, 5.41) is 13.3. The zero-order valence-electron chi connectivity index (χ0n) is 18.7. The lowest BCUT2D eigenvalue weighted by molar-refractivity contribution is 0.414. The first kappa shape index (κ1) is 24.9. The number of methoxy groups -OCH3 is 1. The van der Waals surface area contributed by atoms with Crippen LogP contribution in [0.4, 0.5) is 0 Å². The number of aromatic nitrogens is 3. The Bertz CT molecular complexity index is 1390. The van der Waals surface area contributed by atoms with Gasteiger partial charge in [-0.05, 0) is 42.0 Å². The minimum Gasteiger partial charge on any atom is -0.496 e. The molecule has 1 unspecified atom stereocenters. The molecular weight excluding hydrogens is 506 g/mol. The topological polar surface area (TPSA) is 98.5 Å². The Labute approximate surface area is 213 Å². The monoisotopic (exact) mass is 527 g/mol. The van der Waals surface area contributed by atoms with Crippen molar-refractivity contribution in [2.45, 2.75) is 15.3 Å². The van der Waals surface area contributed by atoms with Crippen LogP contribution in [0.5, 0.6) is 5.75 Å². The molecule has 1 aromatic heterocycles. The molecule has 0 saturated carbocycles. The molecule has 11 heteroatoms. The number of ether oxygens (including phenoxy) is 1. The maximum atomic E-state index is 12.8. The second-order valence-corrected chi connectivity index (χ2v) is 10.6. The summed E-state index contributed by atoms with van der Waals surface area (Å²) in [6.07, 6.45) is 3.15. The summed E-state index contributed by atoms with van der Waals surface area (Å²) in [4.78, 5) is 0.142. The number of rotatable bonds is 10. The molecule has 35 heavy (non-hydrogen) atoms. The van der Waals surface area contributed by atoms with Crippen molar-refractivity contribution in [3.8, 4) is 5.75 Å². The smallest absolute Gasteiger partial charge is 0.240 e. The first-order chi connectivity index (χ1) is 17.0. The summed E-state index contributed by atoms with van der Waals surface area (Å²) in [6, 6.07) is 23.1. The Balaban J connectivity index is 1.55. The lowest BCUT2D eigenvalue weighted by atomic mass is 10.1. The van der Waals surface area contributed by atoms with Gasteiger partial charge < -0.3 is 4.74 Å². The molecule has 1 atom stereocenters. The fraction of sp³-hybridized carbons (Fsp3) is 0.125. The highest BCUT2D eigenvalue weighted by Gasteiger charge is 2.21. The lowest BCUT2D eigenvalue weighted by Gasteiger charge is -2.17. The summed E-state index contributed by atoms with van der Waals surface area (Å²) in [6.45, 7) is 0.128. The molecule has 0 aliphatic carbocycles. The quantitative estimate of drug-likeness (QED) is 0.238. The summed E-state index contributed by atoms with van der Waals surface area (Å²) >= 11 is 7.25. The van der Waals surface area contributed by atoms with Gasteiger partial charge in [0.15, 0.2) is 0 Å². The number of hydrogen-bond donors (Lipinski definition) is 1. The molecule has 1 N–H and O–H groups in total. The van der Waals surface area contributed by atoms with E-state index in [0.717, 1.165) is 11.1 Å². The van der Waals surface area contributed by atoms with Crippen molar-refractivity contribution >= 4 is 39.6 Å². The summed E-state index contributed by atoms with van der Waals surface area (Å²) in [5.74, 6) is 0.692. The van der Waals surface area contributed by atoms with Crippen LogP contribution in [0.2, 0.25) is 5.02 Å². The van der Waals surface area contributed by atoms with Crippen molar-refractivity contribution in [2.24, 2.45) is 5.10 Å². The second-order valence-electron chi connectivity index (χ2n) is 7.27. The molecule has 0 fully saturated rings. The third-order valence-corrected chi connectivity index (χ3v) is 7.86. The van der Waals surface area contributed by atoms with Crippen molar-refractivity contribution < 1.29 is 13.2 Å². The molecule has 0 bridgehead atoms. The highest BCUT2D eigenvalue weighted by Crippen LogP contribution is 2.34. The van der Waals surface area contributed by atoms with E-state index in [0.29, 0.717) is 15.9 Å². The number of nitrogens with zero attached hydrogens (tertiary/aromatic N) is 4. The van der Waals surface area contributed by atoms with Gasteiger partial charge in [0.25, 0.3) is 0 Å². The Hall–Kier alpha value is -3.18. The maximum Gasteiger partial charge on any atom is 0.240 e. The predicted octanol–water partition coefficient (Wildman–Crippen LogP) is 4.63. The van der Waals surface area contributed by atoms with Crippen LogP contribution in [-0.4, -0.2) is 43.2 Å². The summed E-state index contributed by atoms with van der Waals surface area (Å²) in [5.41, 5.74) is 1.73. The number of benzene rings is 3. The van der Waals surface area contributed by atoms with Gasteiger partial charge in [0, 0.05) is 17.1 Å². The van der Waals surface area contributed by atoms with Crippen molar-refractivity contribution in [1.29, 1.82) is 0 Å². The van der Waals surface area contributed by atoms with E-state index in [4.69, 9.17) is 16.3 Å². The highest BCUT2D eigenvalue weighted by atomic mass is 35.5. The van der Waals surface area contributed by atoms with E-state index in [2.05, 4.69) is 20.0 Å². The van der Waals surface area contributed by atoms with E-state index in [1.165, 1.54) is 30.2 Å². The zero-order valence-corrected chi connectivity index (χ0v) is 21.0. The van der Waals surface area contributed by atoms with Crippen LogP contribution in [0, 0.1) is 0 Å². The number of sulfonamides is 1. The number of thioether (sulfide) groups is 1. The van der Waals surface area contributed by atoms with E-state index >= 15 is 0 Å². The standard InChI is InChI=1S/C24H22ClN5O3S2/c1-33-22-10-6-5-9-19(22)15-27-30-17-26-29-24(30)34-23(18-7-3-2-4-8-18)16-28-35(31,32)21-13-11-20(25)12-14-21/h2-15,17,23,28H,16H2,1H3. The SMILES string of the molecule is COc1ccccc1C=Nn1cnnc1SC(CNS(=O)(=O)c1ccc(Cl)cc1)c1ccccc1. The van der Waals surface area contributed by atoms with Gasteiger partial charge in [-0.25, -0.2) is 13.1 Å². The lowest BCUT2D eigenvalue weighted by Crippen LogP contribution is -2.27. The van der Waals surface area contributed by atoms with Crippen LogP contribution in [0.15, 0.2) is 100 Å². The maximum absolute atomic E-state index is 12.8. The van der Waals surface area contributed by atoms with Gasteiger partial charge in [-0.15, -0.1) is 10.2 Å². The molecule has 0 aliphatic rings. The van der Waals surface area contributed by atoms with Gasteiger partial charge in [-0.3, -0.25) is 0 Å². The van der Waals surface area contributed by atoms with Crippen molar-refractivity contribution in [2.75, 3.05) is 13.7 Å². The van der Waals surface area contributed by atoms with Crippen LogP contribution in [0.3, 0.4) is 0 Å². The molecule has 8 nitrogen and oxygen atoms in total. The van der Waals surface area contributed by atoms with Gasteiger partial charge in [-0.2, -0.15) is 9.78 Å². The zero-order chi connectivity index (χ0) is 24.7. The van der Waals surface area contributed by atoms with E-state index in [1.807, 2.05) is 54.6 Å². The van der Waals surface area contributed by atoms with Gasteiger partial charge >= 0.3 is 0 Å². The first-order valence-electron chi connectivity index (χ1n) is 10.5. The number of halogens is 1. The average molecular weight is 528 g/mol. The Morgan fingerprint density at radius 3 is 2.54 bits per heavy atom. The molecule has 4 aromatic rings. The number of para-hydroxylation sites is 1. The third-order valence-electron chi connectivity index (χ3n) is 4.96. The Morgan fingerprint density at radius 1 is 1.09 bits per heavy atom. The normalized spacial score (nSPS) is 12.6. The second kappa shape index (κ2) is 11.5. The molecule has 0 amide bonds. The largest absolute Gasteiger partial charge is 0.496 e. The van der Waals surface area contributed by atoms with Crippen molar-refractivity contribution in [3.63, 3.8) is 0 Å². The highest BCUT2D eigenvalue weighted by molar-refractivity contribution is 7.99. The first-order valence-corrected chi connectivity index (χ1v) is 13.2. The molecule has 0 saturated heterocycles. The van der Waals surface area contributed by atoms with Crippen LogP contribution >= 0.6 is 23.4 Å². The third kappa shape index (κ3) is 6.49. The van der Waals surface area contributed by atoms with E-state index in [9.17, 15) is 8.42 Å². The van der Waals surface area contributed by atoms with Gasteiger partial charge in [0.05, 0.1) is 23.5 Å². The molecule has 4 rings (SSSR count). The van der Waals surface area contributed by atoms with Gasteiger partial charge in [0.1, 0.15) is 12.1 Å². The molecule has 0 radical (unpaired) electrons.